The van der Waals surface area contributed by atoms with Gasteiger partial charge in [-0.15, -0.1) is 0 Å². The van der Waals surface area contributed by atoms with E-state index in [1.807, 2.05) is 0 Å². The second-order valence-electron chi connectivity index (χ2n) is 3.03. The van der Waals surface area contributed by atoms with Crippen molar-refractivity contribution >= 4 is 14.7 Å². The lowest BCUT2D eigenvalue weighted by molar-refractivity contribution is 0.246. The van der Waals surface area contributed by atoms with Gasteiger partial charge in [0.05, 0.1) is 21.9 Å². The summed E-state index contributed by atoms with van der Waals surface area (Å²) in [6, 6.07) is 11.7. The van der Waals surface area contributed by atoms with Crippen molar-refractivity contribution in [3.05, 3.63) is 42.2 Å². The smallest absolute Gasteiger partial charge is 0.0912 e. The predicted octanol–water partition coefficient (Wildman–Crippen LogP) is 1.74. The summed E-state index contributed by atoms with van der Waals surface area (Å²) in [5.41, 5.74) is 0. The van der Waals surface area contributed by atoms with Crippen molar-refractivity contribution in [2.24, 2.45) is 0 Å². The first-order valence-electron chi connectivity index (χ1n) is 4.56. The average molecular weight is 188 g/mol. The van der Waals surface area contributed by atoms with E-state index >= 15 is 0 Å². The molecule has 0 fully saturated rings. The topological polar surface area (TPSA) is 9.23 Å². The minimum atomic E-state index is 0.845. The third kappa shape index (κ3) is 2.46. The van der Waals surface area contributed by atoms with Gasteiger partial charge in [0, 0.05) is 12.5 Å². The zero-order chi connectivity index (χ0) is 8.93. The molecule has 1 aromatic rings. The first kappa shape index (κ1) is 8.57. The maximum absolute atomic E-state index is 5.44. The molecule has 0 saturated heterocycles. The van der Waals surface area contributed by atoms with E-state index in [0.29, 0.717) is 0 Å². The molecule has 13 heavy (non-hydrogen) atoms. The SMILES string of the molecule is C1=C(C[Si]c2ccccc2)OCC1. The Balaban J connectivity index is 1.86. The van der Waals surface area contributed by atoms with E-state index in [9.17, 15) is 0 Å². The van der Waals surface area contributed by atoms with Crippen molar-refractivity contribution in [3.63, 3.8) is 0 Å². The number of allylic oxidation sites excluding steroid dienone is 1. The Hall–Kier alpha value is -1.02. The Kier molecular flexibility index (Phi) is 2.82. The van der Waals surface area contributed by atoms with Crippen molar-refractivity contribution in [3.8, 4) is 0 Å². The highest BCUT2D eigenvalue weighted by atomic mass is 28.2. The summed E-state index contributed by atoms with van der Waals surface area (Å²) in [6.07, 6.45) is 3.30. The van der Waals surface area contributed by atoms with Crippen LogP contribution in [0.1, 0.15) is 6.42 Å². The van der Waals surface area contributed by atoms with E-state index in [1.165, 1.54) is 10.9 Å². The first-order chi connectivity index (χ1) is 6.45. The third-order valence-corrected chi connectivity index (χ3v) is 3.28. The van der Waals surface area contributed by atoms with Gasteiger partial charge in [0.2, 0.25) is 0 Å². The highest BCUT2D eigenvalue weighted by Gasteiger charge is 2.05. The highest BCUT2D eigenvalue weighted by molar-refractivity contribution is 6.53. The molecule has 1 aliphatic heterocycles. The second kappa shape index (κ2) is 4.28. The fourth-order valence-corrected chi connectivity index (χ4v) is 2.39. The molecule has 0 amide bonds. The van der Waals surface area contributed by atoms with Gasteiger partial charge in [-0.3, -0.25) is 0 Å². The van der Waals surface area contributed by atoms with Crippen molar-refractivity contribution in [1.29, 1.82) is 0 Å². The zero-order valence-corrected chi connectivity index (χ0v) is 8.49. The summed E-state index contributed by atoms with van der Waals surface area (Å²) in [5.74, 6) is 1.18. The highest BCUT2D eigenvalue weighted by Crippen LogP contribution is 2.12. The van der Waals surface area contributed by atoms with Gasteiger partial charge >= 0.3 is 0 Å². The normalized spacial score (nSPS) is 15.2. The Bertz CT molecular complexity index is 292. The Labute approximate surface area is 81.2 Å². The Morgan fingerprint density at radius 1 is 1.23 bits per heavy atom. The van der Waals surface area contributed by atoms with Crippen LogP contribution in [0.4, 0.5) is 0 Å². The minimum absolute atomic E-state index is 0.845. The standard InChI is InChI=1S/C11H12OSi/c1-2-6-11(7-3-1)13-9-10-5-4-8-12-10/h1-3,5-7H,4,8-9H2. The molecule has 0 spiro atoms. The maximum Gasteiger partial charge on any atom is 0.0912 e. The molecular weight excluding hydrogens is 176 g/mol. The molecule has 1 nitrogen and oxygen atoms in total. The van der Waals surface area contributed by atoms with Crippen LogP contribution in [-0.2, 0) is 4.74 Å². The molecule has 0 bridgehead atoms. The Morgan fingerprint density at radius 2 is 2.08 bits per heavy atom. The van der Waals surface area contributed by atoms with E-state index in [0.717, 1.165) is 28.6 Å². The number of benzene rings is 1. The molecule has 0 atom stereocenters. The minimum Gasteiger partial charge on any atom is -0.498 e. The van der Waals surface area contributed by atoms with Gasteiger partial charge in [-0.05, 0) is 6.08 Å². The quantitative estimate of drug-likeness (QED) is 0.657. The van der Waals surface area contributed by atoms with E-state index in [1.54, 1.807) is 0 Å². The molecule has 0 aliphatic carbocycles. The van der Waals surface area contributed by atoms with Crippen molar-refractivity contribution < 1.29 is 4.74 Å². The Morgan fingerprint density at radius 3 is 2.77 bits per heavy atom. The molecule has 1 aromatic carbocycles. The van der Waals surface area contributed by atoms with Gasteiger partial charge < -0.3 is 4.74 Å². The van der Waals surface area contributed by atoms with Crippen LogP contribution in [0.15, 0.2) is 42.2 Å². The summed E-state index contributed by atoms with van der Waals surface area (Å²) in [5, 5.41) is 1.42. The van der Waals surface area contributed by atoms with Crippen LogP contribution < -0.4 is 5.19 Å². The summed E-state index contributed by atoms with van der Waals surface area (Å²) < 4.78 is 5.44. The predicted molar refractivity (Wildman–Crippen MR) is 55.3 cm³/mol. The molecule has 2 rings (SSSR count). The summed E-state index contributed by atoms with van der Waals surface area (Å²) >= 11 is 0. The molecule has 0 saturated carbocycles. The van der Waals surface area contributed by atoms with E-state index in [4.69, 9.17) is 4.74 Å². The lowest BCUT2D eigenvalue weighted by Crippen LogP contribution is -2.13. The molecule has 0 N–H and O–H groups in total. The maximum atomic E-state index is 5.44. The van der Waals surface area contributed by atoms with Crippen molar-refractivity contribution in [2.75, 3.05) is 6.61 Å². The van der Waals surface area contributed by atoms with Gasteiger partial charge in [0.15, 0.2) is 0 Å². The largest absolute Gasteiger partial charge is 0.498 e. The average Bonchev–Trinajstić information content (AvgIpc) is 2.69. The van der Waals surface area contributed by atoms with Crippen LogP contribution in [0.5, 0.6) is 0 Å². The van der Waals surface area contributed by atoms with Gasteiger partial charge in [-0.2, -0.15) is 0 Å². The molecule has 1 aliphatic rings. The van der Waals surface area contributed by atoms with Gasteiger partial charge in [-0.25, -0.2) is 0 Å². The van der Waals surface area contributed by atoms with Crippen molar-refractivity contribution in [1.82, 2.24) is 0 Å². The van der Waals surface area contributed by atoms with Gasteiger partial charge in [0.25, 0.3) is 0 Å². The van der Waals surface area contributed by atoms with Crippen LogP contribution in [-0.4, -0.2) is 16.1 Å². The molecule has 2 radical (unpaired) electrons. The van der Waals surface area contributed by atoms with E-state index < -0.39 is 0 Å². The van der Waals surface area contributed by atoms with Gasteiger partial charge in [-0.1, -0.05) is 35.5 Å². The summed E-state index contributed by atoms with van der Waals surface area (Å²) in [6.45, 7) is 0.884. The summed E-state index contributed by atoms with van der Waals surface area (Å²) in [7, 11) is 0.845. The monoisotopic (exact) mass is 188 g/mol. The lowest BCUT2D eigenvalue weighted by Gasteiger charge is -2.02. The molecule has 0 aromatic heterocycles. The van der Waals surface area contributed by atoms with Crippen LogP contribution in [0.25, 0.3) is 0 Å². The van der Waals surface area contributed by atoms with Crippen molar-refractivity contribution in [2.45, 2.75) is 12.5 Å². The van der Waals surface area contributed by atoms with Crippen LogP contribution >= 0.6 is 0 Å². The number of ether oxygens (including phenoxy) is 1. The molecule has 2 heteroatoms. The van der Waals surface area contributed by atoms with E-state index in [-0.39, 0.29) is 0 Å². The molecular formula is C11H12OSi. The molecule has 1 heterocycles. The first-order valence-corrected chi connectivity index (χ1v) is 5.76. The fraction of sp³-hybridized carbons (Fsp3) is 0.273. The summed E-state index contributed by atoms with van der Waals surface area (Å²) in [4.78, 5) is 0. The lowest BCUT2D eigenvalue weighted by atomic mass is 10.4. The molecule has 66 valence electrons. The van der Waals surface area contributed by atoms with Crippen LogP contribution in [0, 0.1) is 0 Å². The number of rotatable bonds is 3. The zero-order valence-electron chi connectivity index (χ0n) is 7.49. The molecule has 0 unspecified atom stereocenters. The van der Waals surface area contributed by atoms with Crippen LogP contribution in [0.2, 0.25) is 6.04 Å². The van der Waals surface area contributed by atoms with E-state index in [2.05, 4.69) is 36.4 Å². The second-order valence-corrected chi connectivity index (χ2v) is 4.31. The third-order valence-electron chi connectivity index (χ3n) is 2.02. The number of hydrogen-bond acceptors (Lipinski definition) is 1. The van der Waals surface area contributed by atoms with Gasteiger partial charge in [0.1, 0.15) is 0 Å². The fourth-order valence-electron chi connectivity index (χ4n) is 1.34. The number of hydrogen-bond donors (Lipinski definition) is 0. The van der Waals surface area contributed by atoms with Crippen LogP contribution in [0.3, 0.4) is 0 Å².